The zero-order valence-corrected chi connectivity index (χ0v) is 9.75. The number of thioether (sulfide) groups is 1. The first-order valence-electron chi connectivity index (χ1n) is 4.61. The molecule has 1 aromatic rings. The fraction of sp³-hybridized carbons (Fsp3) is 0.556. The molecule has 0 aromatic carbocycles. The number of hydrogen-bond acceptors (Lipinski definition) is 6. The van der Waals surface area contributed by atoms with E-state index in [9.17, 15) is 0 Å². The second kappa shape index (κ2) is 6.60. The number of nitrogens with one attached hydrogen (secondary N) is 1. The second-order valence-electron chi connectivity index (χ2n) is 2.98. The molecule has 0 aliphatic carbocycles. The first kappa shape index (κ1) is 12.2. The van der Waals surface area contributed by atoms with Crippen LogP contribution in [0.15, 0.2) is 17.4 Å². The summed E-state index contributed by atoms with van der Waals surface area (Å²) in [6.45, 7) is 1.07. The molecule has 0 spiro atoms. The SMILES string of the molecule is COCC(CN)Nc1cc(SC)ncn1. The molecule has 6 heteroatoms. The average molecular weight is 228 g/mol. The zero-order valence-electron chi connectivity index (χ0n) is 8.93. The lowest BCUT2D eigenvalue weighted by Gasteiger charge is -2.16. The van der Waals surface area contributed by atoms with E-state index < -0.39 is 0 Å². The van der Waals surface area contributed by atoms with Crippen molar-refractivity contribution in [3.63, 3.8) is 0 Å². The maximum Gasteiger partial charge on any atom is 0.130 e. The maximum atomic E-state index is 5.59. The third-order valence-electron chi connectivity index (χ3n) is 1.86. The van der Waals surface area contributed by atoms with Gasteiger partial charge in [-0.05, 0) is 6.26 Å². The molecule has 15 heavy (non-hydrogen) atoms. The predicted octanol–water partition coefficient (Wildman–Crippen LogP) is 0.584. The molecule has 0 saturated carbocycles. The van der Waals surface area contributed by atoms with E-state index in [2.05, 4.69) is 15.3 Å². The van der Waals surface area contributed by atoms with Gasteiger partial charge in [0.25, 0.3) is 0 Å². The van der Waals surface area contributed by atoms with Crippen LogP contribution in [0.25, 0.3) is 0 Å². The van der Waals surface area contributed by atoms with Gasteiger partial charge in [-0.25, -0.2) is 9.97 Å². The number of anilines is 1. The highest BCUT2D eigenvalue weighted by atomic mass is 32.2. The molecule has 1 aromatic heterocycles. The Kier molecular flexibility index (Phi) is 5.38. The molecule has 5 nitrogen and oxygen atoms in total. The maximum absolute atomic E-state index is 5.59. The lowest BCUT2D eigenvalue weighted by Crippen LogP contribution is -2.33. The molecule has 1 heterocycles. The molecule has 1 rings (SSSR count). The number of aromatic nitrogens is 2. The van der Waals surface area contributed by atoms with Gasteiger partial charge in [-0.15, -0.1) is 11.8 Å². The van der Waals surface area contributed by atoms with Crippen LogP contribution in [0.5, 0.6) is 0 Å². The van der Waals surface area contributed by atoms with Gasteiger partial charge >= 0.3 is 0 Å². The van der Waals surface area contributed by atoms with E-state index in [0.717, 1.165) is 10.8 Å². The smallest absolute Gasteiger partial charge is 0.130 e. The zero-order chi connectivity index (χ0) is 11.1. The van der Waals surface area contributed by atoms with Crippen LogP contribution in [0.4, 0.5) is 5.82 Å². The normalized spacial score (nSPS) is 12.5. The molecule has 0 radical (unpaired) electrons. The van der Waals surface area contributed by atoms with Gasteiger partial charge in [0.05, 0.1) is 12.6 Å². The quantitative estimate of drug-likeness (QED) is 0.548. The van der Waals surface area contributed by atoms with E-state index in [1.165, 1.54) is 6.33 Å². The minimum Gasteiger partial charge on any atom is -0.383 e. The van der Waals surface area contributed by atoms with Gasteiger partial charge in [0.15, 0.2) is 0 Å². The Bertz CT molecular complexity index is 297. The lowest BCUT2D eigenvalue weighted by atomic mass is 10.3. The minimum absolute atomic E-state index is 0.0830. The first-order chi connectivity index (χ1) is 7.30. The van der Waals surface area contributed by atoms with E-state index >= 15 is 0 Å². The van der Waals surface area contributed by atoms with Gasteiger partial charge in [-0.1, -0.05) is 0 Å². The van der Waals surface area contributed by atoms with Crippen LogP contribution >= 0.6 is 11.8 Å². The van der Waals surface area contributed by atoms with Crippen molar-refractivity contribution in [3.05, 3.63) is 12.4 Å². The standard InChI is InChI=1S/C9H16N4OS/c1-14-5-7(4-10)13-8-3-9(15-2)12-6-11-8/h3,6-7H,4-5,10H2,1-2H3,(H,11,12,13). The Labute approximate surface area is 93.8 Å². The number of methoxy groups -OCH3 is 1. The summed E-state index contributed by atoms with van der Waals surface area (Å²) >= 11 is 1.58. The van der Waals surface area contributed by atoms with E-state index in [4.69, 9.17) is 10.5 Å². The summed E-state index contributed by atoms with van der Waals surface area (Å²) in [5.41, 5.74) is 5.59. The van der Waals surface area contributed by atoms with Crippen LogP contribution in [0.1, 0.15) is 0 Å². The minimum atomic E-state index is 0.0830. The highest BCUT2D eigenvalue weighted by Crippen LogP contribution is 2.14. The summed E-state index contributed by atoms with van der Waals surface area (Å²) in [5.74, 6) is 0.779. The molecule has 0 fully saturated rings. The third kappa shape index (κ3) is 4.03. The van der Waals surface area contributed by atoms with Gasteiger partial charge in [0, 0.05) is 19.7 Å². The molecule has 1 unspecified atom stereocenters. The number of nitrogens with zero attached hydrogens (tertiary/aromatic N) is 2. The topological polar surface area (TPSA) is 73.1 Å². The Morgan fingerprint density at radius 2 is 2.40 bits per heavy atom. The van der Waals surface area contributed by atoms with Crippen molar-refractivity contribution < 1.29 is 4.74 Å². The van der Waals surface area contributed by atoms with Crippen molar-refractivity contribution in [2.75, 3.05) is 31.8 Å². The molecule has 84 valence electrons. The lowest BCUT2D eigenvalue weighted by molar-refractivity contribution is 0.187. The summed E-state index contributed by atoms with van der Waals surface area (Å²) in [7, 11) is 1.65. The van der Waals surface area contributed by atoms with Crippen molar-refractivity contribution >= 4 is 17.6 Å². The fourth-order valence-electron chi connectivity index (χ4n) is 1.11. The highest BCUT2D eigenvalue weighted by molar-refractivity contribution is 7.98. The molecule has 0 bridgehead atoms. The Morgan fingerprint density at radius 1 is 1.60 bits per heavy atom. The van der Waals surface area contributed by atoms with Crippen molar-refractivity contribution in [2.24, 2.45) is 5.73 Å². The molecule has 0 amide bonds. The highest BCUT2D eigenvalue weighted by Gasteiger charge is 2.06. The van der Waals surface area contributed by atoms with E-state index in [-0.39, 0.29) is 6.04 Å². The van der Waals surface area contributed by atoms with Crippen molar-refractivity contribution in [2.45, 2.75) is 11.1 Å². The number of nitrogens with two attached hydrogens (primary N) is 1. The molecule has 3 N–H and O–H groups in total. The molecular weight excluding hydrogens is 212 g/mol. The van der Waals surface area contributed by atoms with Crippen LogP contribution in [-0.4, -0.2) is 42.5 Å². The van der Waals surface area contributed by atoms with Crippen LogP contribution in [-0.2, 0) is 4.74 Å². The first-order valence-corrected chi connectivity index (χ1v) is 5.84. The third-order valence-corrected chi connectivity index (χ3v) is 2.50. The summed E-state index contributed by atoms with van der Waals surface area (Å²) in [5, 5.41) is 4.12. The fourth-order valence-corrected chi connectivity index (χ4v) is 1.49. The van der Waals surface area contributed by atoms with Crippen molar-refractivity contribution in [3.8, 4) is 0 Å². The largest absolute Gasteiger partial charge is 0.383 e. The molecule has 0 saturated heterocycles. The van der Waals surface area contributed by atoms with Crippen molar-refractivity contribution in [1.82, 2.24) is 9.97 Å². The Balaban J connectivity index is 2.61. The van der Waals surface area contributed by atoms with Crippen LogP contribution < -0.4 is 11.1 Å². The van der Waals surface area contributed by atoms with E-state index in [0.29, 0.717) is 13.2 Å². The Morgan fingerprint density at radius 3 is 3.00 bits per heavy atom. The summed E-state index contributed by atoms with van der Waals surface area (Å²) < 4.78 is 5.03. The van der Waals surface area contributed by atoms with Crippen LogP contribution in [0, 0.1) is 0 Å². The predicted molar refractivity (Wildman–Crippen MR) is 62.2 cm³/mol. The molecule has 0 aliphatic rings. The molecular formula is C9H16N4OS. The number of hydrogen-bond donors (Lipinski definition) is 2. The van der Waals surface area contributed by atoms with Gasteiger partial charge in [0.2, 0.25) is 0 Å². The van der Waals surface area contributed by atoms with Crippen molar-refractivity contribution in [1.29, 1.82) is 0 Å². The number of ether oxygens (including phenoxy) is 1. The van der Waals surface area contributed by atoms with Gasteiger partial charge < -0.3 is 15.8 Å². The summed E-state index contributed by atoms with van der Waals surface area (Å²) in [6, 6.07) is 1.97. The van der Waals surface area contributed by atoms with Gasteiger partial charge in [0.1, 0.15) is 17.2 Å². The van der Waals surface area contributed by atoms with Gasteiger partial charge in [-0.3, -0.25) is 0 Å². The van der Waals surface area contributed by atoms with Crippen LogP contribution in [0.3, 0.4) is 0 Å². The molecule has 1 atom stereocenters. The monoisotopic (exact) mass is 228 g/mol. The summed E-state index contributed by atoms with van der Waals surface area (Å²) in [4.78, 5) is 8.20. The second-order valence-corrected chi connectivity index (χ2v) is 3.80. The average Bonchev–Trinajstić information content (AvgIpc) is 2.29. The number of rotatable bonds is 6. The van der Waals surface area contributed by atoms with Gasteiger partial charge in [-0.2, -0.15) is 0 Å². The van der Waals surface area contributed by atoms with E-state index in [1.807, 2.05) is 12.3 Å². The Hall–Kier alpha value is -0.850. The molecule has 0 aliphatic heterocycles. The van der Waals surface area contributed by atoms with E-state index in [1.54, 1.807) is 18.9 Å². The van der Waals surface area contributed by atoms with Crippen LogP contribution in [0.2, 0.25) is 0 Å². The summed E-state index contributed by atoms with van der Waals surface area (Å²) in [6.07, 6.45) is 3.51.